The van der Waals surface area contributed by atoms with Crippen molar-refractivity contribution in [3.8, 4) is 11.3 Å². The van der Waals surface area contributed by atoms with Crippen molar-refractivity contribution in [1.82, 2.24) is 10.5 Å². The van der Waals surface area contributed by atoms with Gasteiger partial charge in [0, 0.05) is 18.2 Å². The summed E-state index contributed by atoms with van der Waals surface area (Å²) in [5.41, 5.74) is 1.50. The van der Waals surface area contributed by atoms with Gasteiger partial charge in [0.2, 0.25) is 0 Å². The Balaban J connectivity index is 2.29. The molecule has 2 rings (SSSR count). The van der Waals surface area contributed by atoms with E-state index in [0.717, 1.165) is 5.69 Å². The first-order valence-corrected chi connectivity index (χ1v) is 4.66. The quantitative estimate of drug-likeness (QED) is 0.836. The van der Waals surface area contributed by atoms with Gasteiger partial charge >= 0.3 is 0 Å². The molecule has 0 aliphatic carbocycles. The predicted molar refractivity (Wildman–Crippen MR) is 54.7 cm³/mol. The average Bonchev–Trinajstić information content (AvgIpc) is 2.67. The lowest BCUT2D eigenvalue weighted by atomic mass is 10.1. The fourth-order valence-electron chi connectivity index (χ4n) is 1.35. The first kappa shape index (κ1) is 9.86. The van der Waals surface area contributed by atoms with Gasteiger partial charge in [0.05, 0.1) is 5.69 Å². The summed E-state index contributed by atoms with van der Waals surface area (Å²) in [6.07, 6.45) is 0. The second-order valence-corrected chi connectivity index (χ2v) is 3.22. The molecule has 0 amide bonds. The summed E-state index contributed by atoms with van der Waals surface area (Å²) in [5, 5.41) is 6.82. The van der Waals surface area contributed by atoms with E-state index in [1.807, 2.05) is 7.05 Å². The van der Waals surface area contributed by atoms with Crippen LogP contribution in [0.2, 0.25) is 0 Å². The molecule has 0 aliphatic heterocycles. The monoisotopic (exact) mass is 206 g/mol. The van der Waals surface area contributed by atoms with Crippen LogP contribution in [0.3, 0.4) is 0 Å². The van der Waals surface area contributed by atoms with Gasteiger partial charge in [0.15, 0.2) is 5.76 Å². The Bertz CT molecular complexity index is 453. The van der Waals surface area contributed by atoms with E-state index in [9.17, 15) is 4.39 Å². The second kappa shape index (κ2) is 4.23. The van der Waals surface area contributed by atoms with Crippen LogP contribution in [0.25, 0.3) is 11.3 Å². The zero-order chi connectivity index (χ0) is 10.7. The van der Waals surface area contributed by atoms with E-state index in [1.54, 1.807) is 18.2 Å². The molecule has 2 aromatic rings. The van der Waals surface area contributed by atoms with Gasteiger partial charge in [0.1, 0.15) is 5.82 Å². The Morgan fingerprint density at radius 2 is 2.27 bits per heavy atom. The van der Waals surface area contributed by atoms with Crippen LogP contribution in [0.4, 0.5) is 4.39 Å². The van der Waals surface area contributed by atoms with Gasteiger partial charge in [-0.2, -0.15) is 0 Å². The van der Waals surface area contributed by atoms with Crippen molar-refractivity contribution in [1.29, 1.82) is 0 Å². The number of hydrogen-bond acceptors (Lipinski definition) is 3. The minimum atomic E-state index is -0.279. The van der Waals surface area contributed by atoms with Gasteiger partial charge in [-0.15, -0.1) is 0 Å². The van der Waals surface area contributed by atoms with Crippen LogP contribution in [-0.4, -0.2) is 12.2 Å². The molecule has 3 nitrogen and oxygen atoms in total. The zero-order valence-corrected chi connectivity index (χ0v) is 8.33. The number of benzene rings is 1. The molecule has 0 fully saturated rings. The van der Waals surface area contributed by atoms with Crippen molar-refractivity contribution in [2.24, 2.45) is 0 Å². The van der Waals surface area contributed by atoms with E-state index < -0.39 is 0 Å². The van der Waals surface area contributed by atoms with Crippen molar-refractivity contribution >= 4 is 0 Å². The van der Waals surface area contributed by atoms with E-state index >= 15 is 0 Å². The molecule has 0 spiro atoms. The largest absolute Gasteiger partial charge is 0.356 e. The molecule has 0 saturated carbocycles. The highest BCUT2D eigenvalue weighted by Crippen LogP contribution is 2.20. The molecule has 1 aromatic heterocycles. The molecule has 1 aromatic carbocycles. The molecule has 0 radical (unpaired) electrons. The summed E-state index contributed by atoms with van der Waals surface area (Å²) < 4.78 is 18.0. The zero-order valence-electron chi connectivity index (χ0n) is 8.33. The van der Waals surface area contributed by atoms with Gasteiger partial charge in [0.25, 0.3) is 0 Å². The topological polar surface area (TPSA) is 38.1 Å². The molecule has 0 unspecified atom stereocenters. The van der Waals surface area contributed by atoms with E-state index in [1.165, 1.54) is 12.1 Å². The summed E-state index contributed by atoms with van der Waals surface area (Å²) in [4.78, 5) is 0. The lowest BCUT2D eigenvalue weighted by Crippen LogP contribution is -2.04. The Kier molecular flexibility index (Phi) is 2.78. The van der Waals surface area contributed by atoms with Gasteiger partial charge in [-0.3, -0.25) is 0 Å². The lowest BCUT2D eigenvalue weighted by Gasteiger charge is -1.93. The van der Waals surface area contributed by atoms with Crippen LogP contribution in [0, 0.1) is 5.82 Å². The van der Waals surface area contributed by atoms with Crippen LogP contribution < -0.4 is 5.32 Å². The highest BCUT2D eigenvalue weighted by molar-refractivity contribution is 5.57. The van der Waals surface area contributed by atoms with Gasteiger partial charge in [-0.05, 0) is 19.2 Å². The first-order valence-electron chi connectivity index (χ1n) is 4.66. The number of nitrogens with zero attached hydrogens (tertiary/aromatic N) is 1. The maximum atomic E-state index is 12.9. The molecule has 78 valence electrons. The highest BCUT2D eigenvalue weighted by atomic mass is 19.1. The van der Waals surface area contributed by atoms with Crippen molar-refractivity contribution in [3.63, 3.8) is 0 Å². The Hall–Kier alpha value is -1.68. The van der Waals surface area contributed by atoms with Crippen LogP contribution in [0.5, 0.6) is 0 Å². The van der Waals surface area contributed by atoms with Crippen molar-refractivity contribution in [2.75, 3.05) is 7.05 Å². The first-order chi connectivity index (χ1) is 7.29. The minimum absolute atomic E-state index is 0.279. The molecule has 0 bridgehead atoms. The van der Waals surface area contributed by atoms with E-state index in [0.29, 0.717) is 17.9 Å². The molecule has 1 N–H and O–H groups in total. The number of rotatable bonds is 3. The van der Waals surface area contributed by atoms with E-state index in [-0.39, 0.29) is 5.82 Å². The number of halogens is 1. The average molecular weight is 206 g/mol. The van der Waals surface area contributed by atoms with Crippen LogP contribution in [0.1, 0.15) is 5.69 Å². The summed E-state index contributed by atoms with van der Waals surface area (Å²) >= 11 is 0. The third kappa shape index (κ3) is 2.22. The smallest absolute Gasteiger partial charge is 0.167 e. The normalized spacial score (nSPS) is 10.5. The minimum Gasteiger partial charge on any atom is -0.356 e. The fourth-order valence-corrected chi connectivity index (χ4v) is 1.35. The molecule has 0 atom stereocenters. The van der Waals surface area contributed by atoms with Crippen LogP contribution in [-0.2, 0) is 6.54 Å². The van der Waals surface area contributed by atoms with Gasteiger partial charge < -0.3 is 9.84 Å². The Labute approximate surface area is 86.9 Å². The second-order valence-electron chi connectivity index (χ2n) is 3.22. The third-order valence-corrected chi connectivity index (χ3v) is 2.03. The molecular formula is C11H11FN2O. The molecule has 15 heavy (non-hydrogen) atoms. The Morgan fingerprint density at radius 1 is 1.40 bits per heavy atom. The molecule has 4 heteroatoms. The van der Waals surface area contributed by atoms with E-state index in [4.69, 9.17) is 4.52 Å². The maximum absolute atomic E-state index is 12.9. The van der Waals surface area contributed by atoms with Crippen molar-refractivity contribution in [3.05, 3.63) is 41.8 Å². The molecular weight excluding hydrogens is 195 g/mol. The van der Waals surface area contributed by atoms with E-state index in [2.05, 4.69) is 10.5 Å². The van der Waals surface area contributed by atoms with Crippen molar-refractivity contribution in [2.45, 2.75) is 6.54 Å². The Morgan fingerprint density at radius 3 is 3.00 bits per heavy atom. The third-order valence-electron chi connectivity index (χ3n) is 2.03. The van der Waals surface area contributed by atoms with Gasteiger partial charge in [-0.25, -0.2) is 4.39 Å². The predicted octanol–water partition coefficient (Wildman–Crippen LogP) is 2.20. The fraction of sp³-hybridized carbons (Fsp3) is 0.182. The van der Waals surface area contributed by atoms with Crippen molar-refractivity contribution < 1.29 is 8.91 Å². The summed E-state index contributed by atoms with van der Waals surface area (Å²) in [6.45, 7) is 0.638. The maximum Gasteiger partial charge on any atom is 0.167 e. The molecule has 1 heterocycles. The number of aromatic nitrogens is 1. The van der Waals surface area contributed by atoms with Gasteiger partial charge in [-0.1, -0.05) is 17.3 Å². The van der Waals surface area contributed by atoms with Crippen LogP contribution in [0.15, 0.2) is 34.9 Å². The highest BCUT2D eigenvalue weighted by Gasteiger charge is 2.06. The van der Waals surface area contributed by atoms with Crippen LogP contribution >= 0.6 is 0 Å². The summed E-state index contributed by atoms with van der Waals surface area (Å²) in [7, 11) is 1.83. The SMILES string of the molecule is CNCc1cc(-c2cccc(F)c2)on1. The molecule has 0 saturated heterocycles. The number of nitrogens with one attached hydrogen (secondary N) is 1. The summed E-state index contributed by atoms with van der Waals surface area (Å²) in [5.74, 6) is 0.304. The molecule has 0 aliphatic rings. The number of hydrogen-bond donors (Lipinski definition) is 1. The lowest BCUT2D eigenvalue weighted by molar-refractivity contribution is 0.421. The summed E-state index contributed by atoms with van der Waals surface area (Å²) in [6, 6.07) is 8.04. The standard InChI is InChI=1S/C11H11FN2O/c1-13-7-10-6-11(15-14-10)8-3-2-4-9(12)5-8/h2-6,13H,7H2,1H3.